The minimum Gasteiger partial charge on any atom is -0.493 e. The highest BCUT2D eigenvalue weighted by Crippen LogP contribution is 2.52. The molecule has 1 saturated heterocycles. The standard InChI is InChI=1S/C38H42N2O6.C8H7N3O5/c1-39-15-13-25-20-32(42-4)34-22-28(25)29(39)17-23-7-10-27(11-8-23)45-33-19-24(9-12-31(33)41-3)18-30-36-26(14-16-40(30)2)21-35(43-5)37(44-6)38(36)46-34;12-8-10(3-4-15-8)9-5-6-1-2-7(16-6)11(13)14/h7-12,19-22,29-30H,13-18H2,1-6H3;1-2,5H,3-4H2. The van der Waals surface area contributed by atoms with Crippen molar-refractivity contribution in [2.75, 3.05) is 68.8 Å². The van der Waals surface area contributed by atoms with Crippen LogP contribution in [0.2, 0.25) is 0 Å². The number of hydrogen-bond acceptors (Lipinski definition) is 14. The van der Waals surface area contributed by atoms with Crippen molar-refractivity contribution in [1.29, 1.82) is 0 Å². The van der Waals surface area contributed by atoms with Gasteiger partial charge in [0, 0.05) is 30.7 Å². The van der Waals surface area contributed by atoms with Crippen molar-refractivity contribution in [1.82, 2.24) is 14.8 Å². The van der Waals surface area contributed by atoms with E-state index in [1.807, 2.05) is 18.2 Å². The number of methoxy groups -OCH3 is 4. The molecule has 0 aliphatic carbocycles. The Balaban J connectivity index is 0.000000277. The van der Waals surface area contributed by atoms with E-state index in [0.29, 0.717) is 46.8 Å². The van der Waals surface area contributed by atoms with Gasteiger partial charge < -0.3 is 37.6 Å². The lowest BCUT2D eigenvalue weighted by atomic mass is 9.87. The van der Waals surface area contributed by atoms with Crippen molar-refractivity contribution < 1.29 is 47.3 Å². The lowest BCUT2D eigenvalue weighted by Gasteiger charge is -2.37. The number of carbonyl (C=O) groups is 1. The van der Waals surface area contributed by atoms with Crippen molar-refractivity contribution in [3.8, 4) is 46.0 Å². The number of ether oxygens (including phenoxy) is 7. The van der Waals surface area contributed by atoms with E-state index in [1.165, 1.54) is 40.6 Å². The van der Waals surface area contributed by atoms with Crippen LogP contribution in [0.4, 0.5) is 10.7 Å². The van der Waals surface area contributed by atoms with Crippen LogP contribution in [0.1, 0.15) is 51.2 Å². The molecule has 2 unspecified atom stereocenters. The molecule has 0 spiro atoms. The van der Waals surface area contributed by atoms with Gasteiger partial charge in [0.2, 0.25) is 5.75 Å². The van der Waals surface area contributed by atoms with E-state index >= 15 is 0 Å². The highest BCUT2D eigenvalue weighted by molar-refractivity contribution is 5.78. The molecule has 62 heavy (non-hydrogen) atoms. The number of hydrazone groups is 1. The molecule has 324 valence electrons. The van der Waals surface area contributed by atoms with Crippen molar-refractivity contribution in [2.45, 2.75) is 37.8 Å². The SMILES string of the molecule is COc1ccc2cc1Oc1ccc(cc1)CC1c3cc(c(OC)cc3CCN1C)Oc1c(OC)c(OC)cc3c1C(C2)N(C)CC3.O=C1OCCN1N=Cc1ccc([N+](=O)[O-])o1. The van der Waals surface area contributed by atoms with Gasteiger partial charge in [0.25, 0.3) is 0 Å². The van der Waals surface area contributed by atoms with Gasteiger partial charge in [-0.2, -0.15) is 10.1 Å². The summed E-state index contributed by atoms with van der Waals surface area (Å²) in [5.74, 6) is 5.24. The molecule has 16 heteroatoms. The fourth-order valence-electron chi connectivity index (χ4n) is 8.40. The maximum absolute atomic E-state index is 11.0. The third-order valence-electron chi connectivity index (χ3n) is 11.7. The van der Waals surface area contributed by atoms with E-state index in [-0.39, 0.29) is 30.3 Å². The second kappa shape index (κ2) is 18.1. The van der Waals surface area contributed by atoms with Gasteiger partial charge in [0.1, 0.15) is 17.3 Å². The quantitative estimate of drug-likeness (QED) is 0.0878. The first-order valence-corrected chi connectivity index (χ1v) is 20.3. The summed E-state index contributed by atoms with van der Waals surface area (Å²) in [6.45, 7) is 2.50. The highest BCUT2D eigenvalue weighted by atomic mass is 16.6. The Hall–Kier alpha value is -6.78. The number of nitro groups is 1. The van der Waals surface area contributed by atoms with Crippen LogP contribution < -0.4 is 28.4 Å². The molecule has 16 nitrogen and oxygen atoms in total. The number of nitrogens with zero attached hydrogens (tertiary/aromatic N) is 5. The first kappa shape index (κ1) is 41.9. The number of hydrogen-bond donors (Lipinski definition) is 0. The largest absolute Gasteiger partial charge is 0.493 e. The maximum atomic E-state index is 11.0. The number of furan rings is 1. The molecule has 0 radical (unpaired) electrons. The number of carbonyl (C=O) groups excluding carboxylic acids is 1. The summed E-state index contributed by atoms with van der Waals surface area (Å²) in [6.07, 6.45) is 4.05. The molecule has 5 aliphatic rings. The van der Waals surface area contributed by atoms with Gasteiger partial charge in [0.05, 0.1) is 47.3 Å². The van der Waals surface area contributed by atoms with Gasteiger partial charge in [-0.15, -0.1) is 0 Å². The molecule has 5 aliphatic heterocycles. The van der Waals surface area contributed by atoms with E-state index in [2.05, 4.69) is 76.2 Å². The number of fused-ring (bicyclic) bond motifs is 2. The molecule has 10 rings (SSSR count). The summed E-state index contributed by atoms with van der Waals surface area (Å²) >= 11 is 0. The summed E-state index contributed by atoms with van der Waals surface area (Å²) < 4.78 is 46.5. The molecule has 1 aromatic heterocycles. The zero-order chi connectivity index (χ0) is 43.5. The third kappa shape index (κ3) is 8.56. The summed E-state index contributed by atoms with van der Waals surface area (Å²) in [4.78, 5) is 25.4. The lowest BCUT2D eigenvalue weighted by Crippen LogP contribution is -2.34. The number of benzene rings is 4. The average Bonchev–Trinajstić information content (AvgIpc) is 3.94. The van der Waals surface area contributed by atoms with Crippen LogP contribution >= 0.6 is 0 Å². The van der Waals surface area contributed by atoms with Crippen LogP contribution in [0.5, 0.6) is 46.0 Å². The first-order valence-electron chi connectivity index (χ1n) is 20.3. The Morgan fingerprint density at radius 1 is 0.742 bits per heavy atom. The van der Waals surface area contributed by atoms with Crippen molar-refractivity contribution >= 4 is 18.2 Å². The summed E-state index contributed by atoms with van der Waals surface area (Å²) in [6, 6.07) is 23.8. The number of amides is 1. The normalized spacial score (nSPS) is 18.3. The van der Waals surface area contributed by atoms with E-state index in [0.717, 1.165) is 60.7 Å². The molecule has 0 N–H and O–H groups in total. The second-order valence-corrected chi connectivity index (χ2v) is 15.4. The Morgan fingerprint density at radius 2 is 1.42 bits per heavy atom. The fourth-order valence-corrected chi connectivity index (χ4v) is 8.40. The molecule has 5 aromatic rings. The van der Waals surface area contributed by atoms with Crippen molar-refractivity contribution in [3.63, 3.8) is 0 Å². The second-order valence-electron chi connectivity index (χ2n) is 15.4. The highest BCUT2D eigenvalue weighted by Gasteiger charge is 2.35. The molecule has 1 amide bonds. The molecule has 2 atom stereocenters. The molecule has 6 bridgehead atoms. The minimum absolute atomic E-state index is 0.000437. The van der Waals surface area contributed by atoms with E-state index in [9.17, 15) is 14.9 Å². The fraction of sp³-hybridized carbons (Fsp3) is 0.348. The number of rotatable bonds is 7. The number of likely N-dealkylation sites (N-methyl/N-ethyl adjacent to an activating group) is 2. The Kier molecular flexibility index (Phi) is 12.2. The van der Waals surface area contributed by atoms with Crippen LogP contribution in [0, 0.1) is 10.1 Å². The first-order chi connectivity index (χ1) is 30.1. The monoisotopic (exact) mass is 847 g/mol. The average molecular weight is 848 g/mol. The number of cyclic esters (lactones) is 1. The molecule has 4 aromatic carbocycles. The lowest BCUT2D eigenvalue weighted by molar-refractivity contribution is -0.402. The van der Waals surface area contributed by atoms with Crippen molar-refractivity contribution in [2.24, 2.45) is 5.10 Å². The zero-order valence-electron chi connectivity index (χ0n) is 35.5. The molecule has 1 fully saturated rings. The predicted molar refractivity (Wildman–Crippen MR) is 229 cm³/mol. The summed E-state index contributed by atoms with van der Waals surface area (Å²) in [5, 5.41) is 15.2. The van der Waals surface area contributed by atoms with Crippen LogP contribution in [-0.4, -0.2) is 101 Å². The van der Waals surface area contributed by atoms with Gasteiger partial charge in [-0.25, -0.2) is 4.79 Å². The summed E-state index contributed by atoms with van der Waals surface area (Å²) in [7, 11) is 11.1. The van der Waals surface area contributed by atoms with Gasteiger partial charge in [0.15, 0.2) is 40.3 Å². The maximum Gasteiger partial charge on any atom is 0.433 e. The van der Waals surface area contributed by atoms with Crippen LogP contribution in [-0.2, 0) is 30.4 Å². The van der Waals surface area contributed by atoms with Gasteiger partial charge in [-0.1, -0.05) is 18.2 Å². The van der Waals surface area contributed by atoms with Crippen molar-refractivity contribution in [3.05, 3.63) is 122 Å². The zero-order valence-corrected chi connectivity index (χ0v) is 35.5. The minimum atomic E-state index is -0.651. The Labute approximate surface area is 359 Å². The molecule has 6 heterocycles. The van der Waals surface area contributed by atoms with E-state index in [4.69, 9.17) is 32.8 Å². The third-order valence-corrected chi connectivity index (χ3v) is 11.7. The van der Waals surface area contributed by atoms with Gasteiger partial charge in [-0.3, -0.25) is 19.9 Å². The van der Waals surface area contributed by atoms with Gasteiger partial charge in [-0.05, 0) is 116 Å². The van der Waals surface area contributed by atoms with E-state index < -0.39 is 11.0 Å². The van der Waals surface area contributed by atoms with Gasteiger partial charge >= 0.3 is 12.0 Å². The Morgan fingerprint density at radius 3 is 2.10 bits per heavy atom. The van der Waals surface area contributed by atoms with Crippen LogP contribution in [0.25, 0.3) is 0 Å². The molecular formula is C46H49N5O11. The molecule has 0 saturated carbocycles. The van der Waals surface area contributed by atoms with Crippen LogP contribution in [0.3, 0.4) is 0 Å². The van der Waals surface area contributed by atoms with Crippen LogP contribution in [0.15, 0.2) is 82.3 Å². The van der Waals surface area contributed by atoms with E-state index in [1.54, 1.807) is 28.4 Å². The predicted octanol–water partition coefficient (Wildman–Crippen LogP) is 8.14. The smallest absolute Gasteiger partial charge is 0.433 e. The topological polar surface area (TPSA) is 160 Å². The molecular weight excluding hydrogens is 799 g/mol. The Bertz CT molecular complexity index is 2490. The summed E-state index contributed by atoms with van der Waals surface area (Å²) in [5.41, 5.74) is 7.15.